The zero-order valence-electron chi connectivity index (χ0n) is 20.2. The fraction of sp³-hybridized carbons (Fsp3) is 0.240. The SMILES string of the molecule is O=S1(=O)CCC(NS(=O)(=O)c2ccc(-c3ccnc4c3cc(C(F)F)n4S(=O)(=O)c3ccccc3)cc2)CC1. The molecule has 0 radical (unpaired) electrons. The predicted octanol–water partition coefficient (Wildman–Crippen LogP) is 3.73. The lowest BCUT2D eigenvalue weighted by atomic mass is 10.0. The summed E-state index contributed by atoms with van der Waals surface area (Å²) in [7, 11) is -11.5. The summed E-state index contributed by atoms with van der Waals surface area (Å²) in [6, 6.07) is 14.9. The summed E-state index contributed by atoms with van der Waals surface area (Å²) in [5.74, 6) is -0.172. The molecule has 9 nitrogen and oxygen atoms in total. The molecule has 0 spiro atoms. The van der Waals surface area contributed by atoms with Gasteiger partial charge in [0.05, 0.1) is 21.3 Å². The molecule has 1 saturated heterocycles. The second kappa shape index (κ2) is 10.1. The molecule has 1 N–H and O–H groups in total. The van der Waals surface area contributed by atoms with Gasteiger partial charge in [0.25, 0.3) is 16.4 Å². The second-order valence-corrected chi connectivity index (χ2v) is 14.9. The van der Waals surface area contributed by atoms with Crippen molar-refractivity contribution in [2.75, 3.05) is 11.5 Å². The molecule has 14 heteroatoms. The van der Waals surface area contributed by atoms with Gasteiger partial charge in [0.15, 0.2) is 5.65 Å². The summed E-state index contributed by atoms with van der Waals surface area (Å²) in [6.07, 6.45) is -1.44. The highest BCUT2D eigenvalue weighted by molar-refractivity contribution is 7.91. The summed E-state index contributed by atoms with van der Waals surface area (Å²) < 4.78 is 107. The van der Waals surface area contributed by atoms with Gasteiger partial charge in [0.2, 0.25) is 10.0 Å². The molecule has 1 fully saturated rings. The van der Waals surface area contributed by atoms with Crippen LogP contribution in [0.2, 0.25) is 0 Å². The summed E-state index contributed by atoms with van der Waals surface area (Å²) in [4.78, 5) is 3.87. The Morgan fingerprint density at radius 2 is 1.54 bits per heavy atom. The van der Waals surface area contributed by atoms with Crippen molar-refractivity contribution in [3.8, 4) is 11.1 Å². The first-order valence-corrected chi connectivity index (χ1v) is 16.6. The topological polar surface area (TPSA) is 132 Å². The lowest BCUT2D eigenvalue weighted by Gasteiger charge is -2.22. The molecule has 0 amide bonds. The number of nitrogens with zero attached hydrogens (tertiary/aromatic N) is 2. The number of fused-ring (bicyclic) bond motifs is 1. The van der Waals surface area contributed by atoms with Crippen molar-refractivity contribution in [3.05, 3.63) is 78.6 Å². The van der Waals surface area contributed by atoms with E-state index in [4.69, 9.17) is 0 Å². The van der Waals surface area contributed by atoms with Crippen molar-refractivity contribution in [3.63, 3.8) is 0 Å². The molecule has 2 aromatic carbocycles. The van der Waals surface area contributed by atoms with Crippen LogP contribution >= 0.6 is 0 Å². The fourth-order valence-corrected chi connectivity index (χ4v) is 8.85. The van der Waals surface area contributed by atoms with Gasteiger partial charge in [0, 0.05) is 17.6 Å². The number of rotatable bonds is 7. The molecule has 5 rings (SSSR count). The van der Waals surface area contributed by atoms with Gasteiger partial charge < -0.3 is 0 Å². The molecule has 0 bridgehead atoms. The van der Waals surface area contributed by atoms with E-state index >= 15 is 0 Å². The first-order chi connectivity index (χ1) is 18.4. The third kappa shape index (κ3) is 5.33. The summed E-state index contributed by atoms with van der Waals surface area (Å²) in [5, 5.41) is 0.157. The average Bonchev–Trinajstić information content (AvgIpc) is 3.32. The number of halogens is 2. The molecule has 206 valence electrons. The van der Waals surface area contributed by atoms with Gasteiger partial charge in [-0.3, -0.25) is 0 Å². The number of hydrogen-bond acceptors (Lipinski definition) is 7. The van der Waals surface area contributed by atoms with Gasteiger partial charge >= 0.3 is 0 Å². The highest BCUT2D eigenvalue weighted by atomic mass is 32.2. The van der Waals surface area contributed by atoms with E-state index in [1.807, 2.05) is 0 Å². The number of hydrogen-bond donors (Lipinski definition) is 1. The van der Waals surface area contributed by atoms with Gasteiger partial charge in [-0.2, -0.15) is 0 Å². The monoisotopic (exact) mass is 595 g/mol. The summed E-state index contributed by atoms with van der Waals surface area (Å²) >= 11 is 0. The molecule has 0 saturated carbocycles. The lowest BCUT2D eigenvalue weighted by Crippen LogP contribution is -2.40. The van der Waals surface area contributed by atoms with E-state index in [0.29, 0.717) is 15.1 Å². The minimum absolute atomic E-state index is 0.0533. The number of benzene rings is 2. The number of sulfone groups is 1. The first-order valence-electron chi connectivity index (χ1n) is 11.8. The quantitative estimate of drug-likeness (QED) is 0.344. The smallest absolute Gasteiger partial charge is 0.237 e. The summed E-state index contributed by atoms with van der Waals surface area (Å²) in [6.45, 7) is 0. The normalized spacial score (nSPS) is 16.6. The Hall–Kier alpha value is -3.20. The van der Waals surface area contributed by atoms with Gasteiger partial charge in [-0.25, -0.2) is 47.7 Å². The molecule has 0 aliphatic carbocycles. The third-order valence-corrected chi connectivity index (χ3v) is 11.5. The maximum absolute atomic E-state index is 14.0. The van der Waals surface area contributed by atoms with E-state index in [9.17, 15) is 34.0 Å². The maximum Gasteiger partial charge on any atom is 0.279 e. The first kappa shape index (κ1) is 27.4. The van der Waals surface area contributed by atoms with E-state index in [1.54, 1.807) is 6.07 Å². The van der Waals surface area contributed by atoms with Gasteiger partial charge in [0.1, 0.15) is 15.5 Å². The molecule has 4 aromatic rings. The standard InChI is InChI=1S/C25H23F2N3O6S3/c26-24(27)23-16-22-21(10-13-28-25(22)30(23)39(35,36)20-4-2-1-3-5-20)17-6-8-19(9-7-17)38(33,34)29-18-11-14-37(31,32)15-12-18/h1-10,13,16,18,24,29H,11-12,14-15H2. The minimum Gasteiger partial charge on any atom is -0.237 e. The Balaban J connectivity index is 1.52. The minimum atomic E-state index is -4.40. The number of aromatic nitrogens is 2. The fourth-order valence-electron chi connectivity index (χ4n) is 4.56. The molecule has 39 heavy (non-hydrogen) atoms. The number of sulfonamides is 1. The van der Waals surface area contributed by atoms with Crippen molar-refractivity contribution >= 4 is 40.9 Å². The van der Waals surface area contributed by atoms with Gasteiger partial charge in [-0.1, -0.05) is 30.3 Å². The van der Waals surface area contributed by atoms with E-state index < -0.39 is 48.0 Å². The Morgan fingerprint density at radius 3 is 2.15 bits per heavy atom. The molecule has 1 aliphatic rings. The second-order valence-electron chi connectivity index (χ2n) is 9.12. The van der Waals surface area contributed by atoms with Crippen LogP contribution in [0.1, 0.15) is 25.0 Å². The molecule has 3 heterocycles. The van der Waals surface area contributed by atoms with Crippen LogP contribution in [0.15, 0.2) is 82.7 Å². The maximum atomic E-state index is 14.0. The van der Waals surface area contributed by atoms with Gasteiger partial charge in [-0.15, -0.1) is 0 Å². The Labute approximate surface area is 224 Å². The zero-order chi connectivity index (χ0) is 28.0. The lowest BCUT2D eigenvalue weighted by molar-refractivity contribution is 0.145. The van der Waals surface area contributed by atoms with Crippen LogP contribution in [0.5, 0.6) is 0 Å². The largest absolute Gasteiger partial charge is 0.279 e. The molecule has 0 unspecified atom stereocenters. The number of nitrogens with one attached hydrogen (secondary N) is 1. The van der Waals surface area contributed by atoms with Crippen LogP contribution in [0, 0.1) is 0 Å². The Kier molecular flexibility index (Phi) is 7.07. The molecular weight excluding hydrogens is 572 g/mol. The van der Waals surface area contributed by atoms with E-state index in [2.05, 4.69) is 9.71 Å². The Bertz CT molecular complexity index is 1840. The van der Waals surface area contributed by atoms with Crippen LogP contribution in [0.25, 0.3) is 22.2 Å². The predicted molar refractivity (Wildman–Crippen MR) is 141 cm³/mol. The highest BCUT2D eigenvalue weighted by Crippen LogP contribution is 2.36. The number of alkyl halides is 2. The van der Waals surface area contributed by atoms with Crippen LogP contribution in [-0.2, 0) is 29.9 Å². The molecular formula is C25H23F2N3O6S3. The van der Waals surface area contributed by atoms with Crippen molar-refractivity contribution < 1.29 is 34.0 Å². The van der Waals surface area contributed by atoms with Gasteiger partial charge in [-0.05, 0) is 60.4 Å². The van der Waals surface area contributed by atoms with Crippen molar-refractivity contribution in [1.29, 1.82) is 0 Å². The van der Waals surface area contributed by atoms with Crippen molar-refractivity contribution in [2.24, 2.45) is 0 Å². The van der Waals surface area contributed by atoms with Crippen LogP contribution in [0.3, 0.4) is 0 Å². The molecule has 1 aliphatic heterocycles. The van der Waals surface area contributed by atoms with E-state index in [-0.39, 0.29) is 45.2 Å². The summed E-state index contributed by atoms with van der Waals surface area (Å²) in [5.41, 5.74) is -0.0811. The van der Waals surface area contributed by atoms with Crippen molar-refractivity contribution in [1.82, 2.24) is 13.7 Å². The van der Waals surface area contributed by atoms with E-state index in [0.717, 1.165) is 6.07 Å². The van der Waals surface area contributed by atoms with Crippen LogP contribution in [-0.4, -0.2) is 51.8 Å². The highest BCUT2D eigenvalue weighted by Gasteiger charge is 2.30. The average molecular weight is 596 g/mol. The number of pyridine rings is 1. The van der Waals surface area contributed by atoms with E-state index in [1.165, 1.54) is 60.8 Å². The molecule has 0 atom stereocenters. The molecule has 2 aromatic heterocycles. The van der Waals surface area contributed by atoms with Crippen LogP contribution < -0.4 is 4.72 Å². The van der Waals surface area contributed by atoms with Crippen LogP contribution in [0.4, 0.5) is 8.78 Å². The Morgan fingerprint density at radius 1 is 0.897 bits per heavy atom. The zero-order valence-corrected chi connectivity index (χ0v) is 22.7. The van der Waals surface area contributed by atoms with Crippen molar-refractivity contribution in [2.45, 2.75) is 35.1 Å². The third-order valence-electron chi connectivity index (χ3n) is 6.55.